The highest BCUT2D eigenvalue weighted by Crippen LogP contribution is 2.18. The van der Waals surface area contributed by atoms with Crippen LogP contribution in [0, 0.1) is 11.8 Å². The van der Waals surface area contributed by atoms with Crippen LogP contribution in [0.5, 0.6) is 0 Å². The first kappa shape index (κ1) is 14.0. The average Bonchev–Trinajstić information content (AvgIpc) is 2.61. The summed E-state index contributed by atoms with van der Waals surface area (Å²) in [6, 6.07) is 30.5. The lowest BCUT2D eigenvalue weighted by atomic mass is 10.1. The van der Waals surface area contributed by atoms with Crippen LogP contribution < -0.4 is 5.32 Å². The Morgan fingerprint density at radius 1 is 0.636 bits per heavy atom. The standard InChI is InChI=1S/C21H17N/c1-4-10-18(11-5-1)16-17-21(19-12-6-2-7-13-19)22-20-14-8-3-9-15-20/h1-15,21-22H. The van der Waals surface area contributed by atoms with Crippen molar-refractivity contribution in [3.63, 3.8) is 0 Å². The molecule has 1 atom stereocenters. The third kappa shape index (κ3) is 3.77. The Labute approximate surface area is 131 Å². The third-order valence-electron chi connectivity index (χ3n) is 3.35. The van der Waals surface area contributed by atoms with Gasteiger partial charge in [-0.3, -0.25) is 0 Å². The Balaban J connectivity index is 1.89. The van der Waals surface area contributed by atoms with E-state index in [-0.39, 0.29) is 6.04 Å². The van der Waals surface area contributed by atoms with Crippen LogP contribution >= 0.6 is 0 Å². The van der Waals surface area contributed by atoms with Gasteiger partial charge in [-0.15, -0.1) is 0 Å². The van der Waals surface area contributed by atoms with Gasteiger partial charge in [0, 0.05) is 11.3 Å². The summed E-state index contributed by atoms with van der Waals surface area (Å²) in [4.78, 5) is 0. The lowest BCUT2D eigenvalue weighted by molar-refractivity contribution is 1.02. The summed E-state index contributed by atoms with van der Waals surface area (Å²) in [6.45, 7) is 0. The number of benzene rings is 3. The SMILES string of the molecule is C(#CC(Nc1ccccc1)c1ccccc1)c1ccccc1. The van der Waals surface area contributed by atoms with Crippen molar-refractivity contribution < 1.29 is 0 Å². The van der Waals surface area contributed by atoms with Crippen molar-refractivity contribution >= 4 is 5.69 Å². The maximum atomic E-state index is 3.49. The second-order valence-corrected chi connectivity index (χ2v) is 4.99. The van der Waals surface area contributed by atoms with E-state index in [0.29, 0.717) is 0 Å². The van der Waals surface area contributed by atoms with Gasteiger partial charge in [0.1, 0.15) is 6.04 Å². The van der Waals surface area contributed by atoms with Crippen LogP contribution in [0.25, 0.3) is 0 Å². The van der Waals surface area contributed by atoms with E-state index in [1.165, 1.54) is 0 Å². The molecule has 3 rings (SSSR count). The molecule has 1 N–H and O–H groups in total. The monoisotopic (exact) mass is 283 g/mol. The molecular weight excluding hydrogens is 266 g/mol. The van der Waals surface area contributed by atoms with E-state index in [0.717, 1.165) is 16.8 Å². The second-order valence-electron chi connectivity index (χ2n) is 4.99. The summed E-state index contributed by atoms with van der Waals surface area (Å²) < 4.78 is 0. The van der Waals surface area contributed by atoms with Gasteiger partial charge in [-0.2, -0.15) is 0 Å². The maximum absolute atomic E-state index is 3.49. The number of para-hydroxylation sites is 1. The third-order valence-corrected chi connectivity index (χ3v) is 3.35. The molecule has 22 heavy (non-hydrogen) atoms. The molecule has 0 amide bonds. The lowest BCUT2D eigenvalue weighted by Crippen LogP contribution is -2.08. The molecule has 106 valence electrons. The van der Waals surface area contributed by atoms with Gasteiger partial charge in [0.05, 0.1) is 0 Å². The van der Waals surface area contributed by atoms with Crippen LogP contribution in [-0.4, -0.2) is 0 Å². The van der Waals surface area contributed by atoms with Crippen molar-refractivity contribution in [1.29, 1.82) is 0 Å². The molecule has 3 aromatic rings. The second kappa shape index (κ2) is 7.15. The van der Waals surface area contributed by atoms with Gasteiger partial charge < -0.3 is 5.32 Å². The van der Waals surface area contributed by atoms with E-state index in [1.54, 1.807) is 0 Å². The highest BCUT2D eigenvalue weighted by Gasteiger charge is 2.07. The minimum Gasteiger partial charge on any atom is -0.368 e. The number of anilines is 1. The Hall–Kier alpha value is -2.98. The predicted octanol–water partition coefficient (Wildman–Crippen LogP) is 4.89. The van der Waals surface area contributed by atoms with Gasteiger partial charge in [0.25, 0.3) is 0 Å². The van der Waals surface area contributed by atoms with E-state index in [4.69, 9.17) is 0 Å². The van der Waals surface area contributed by atoms with Gasteiger partial charge in [-0.05, 0) is 29.8 Å². The van der Waals surface area contributed by atoms with E-state index >= 15 is 0 Å². The molecule has 1 unspecified atom stereocenters. The van der Waals surface area contributed by atoms with E-state index in [1.807, 2.05) is 66.7 Å². The number of rotatable bonds is 3. The van der Waals surface area contributed by atoms with E-state index in [9.17, 15) is 0 Å². The van der Waals surface area contributed by atoms with Crippen LogP contribution in [0.3, 0.4) is 0 Å². The normalized spacial score (nSPS) is 11.1. The minimum absolute atomic E-state index is 0.0381. The number of hydrogen-bond acceptors (Lipinski definition) is 1. The molecule has 0 bridgehead atoms. The molecule has 0 saturated carbocycles. The van der Waals surface area contributed by atoms with Gasteiger partial charge in [0.15, 0.2) is 0 Å². The first-order valence-electron chi connectivity index (χ1n) is 7.35. The maximum Gasteiger partial charge on any atom is 0.114 e. The lowest BCUT2D eigenvalue weighted by Gasteiger charge is -2.15. The molecule has 0 fully saturated rings. The van der Waals surface area contributed by atoms with E-state index in [2.05, 4.69) is 41.4 Å². The van der Waals surface area contributed by atoms with Gasteiger partial charge >= 0.3 is 0 Å². The largest absolute Gasteiger partial charge is 0.368 e. The van der Waals surface area contributed by atoms with Crippen LogP contribution in [0.15, 0.2) is 91.0 Å². The van der Waals surface area contributed by atoms with Crippen molar-refractivity contribution in [3.05, 3.63) is 102 Å². The molecular formula is C21H17N. The van der Waals surface area contributed by atoms with Crippen LogP contribution in [0.4, 0.5) is 5.69 Å². The van der Waals surface area contributed by atoms with Crippen molar-refractivity contribution in [2.45, 2.75) is 6.04 Å². The molecule has 0 saturated heterocycles. The van der Waals surface area contributed by atoms with Crippen LogP contribution in [-0.2, 0) is 0 Å². The number of hydrogen-bond donors (Lipinski definition) is 1. The average molecular weight is 283 g/mol. The highest BCUT2D eigenvalue weighted by atomic mass is 14.9. The zero-order valence-corrected chi connectivity index (χ0v) is 12.2. The molecule has 1 heteroatoms. The van der Waals surface area contributed by atoms with Crippen molar-refractivity contribution in [2.75, 3.05) is 5.32 Å². The van der Waals surface area contributed by atoms with Crippen molar-refractivity contribution in [1.82, 2.24) is 0 Å². The summed E-state index contributed by atoms with van der Waals surface area (Å²) in [7, 11) is 0. The molecule has 0 aliphatic rings. The summed E-state index contributed by atoms with van der Waals surface area (Å²) in [5.41, 5.74) is 3.26. The summed E-state index contributed by atoms with van der Waals surface area (Å²) in [6.07, 6.45) is 0. The molecule has 0 radical (unpaired) electrons. The minimum atomic E-state index is -0.0381. The molecule has 0 heterocycles. The fourth-order valence-electron chi connectivity index (χ4n) is 2.23. The van der Waals surface area contributed by atoms with Crippen molar-refractivity contribution in [2.24, 2.45) is 0 Å². The summed E-state index contributed by atoms with van der Waals surface area (Å²) in [5, 5.41) is 3.49. The molecule has 0 aliphatic heterocycles. The molecule has 3 aromatic carbocycles. The zero-order valence-electron chi connectivity index (χ0n) is 12.2. The predicted molar refractivity (Wildman–Crippen MR) is 92.6 cm³/mol. The van der Waals surface area contributed by atoms with Crippen LogP contribution in [0.2, 0.25) is 0 Å². The quantitative estimate of drug-likeness (QED) is 0.675. The zero-order chi connectivity index (χ0) is 15.0. The fourth-order valence-corrected chi connectivity index (χ4v) is 2.23. The summed E-state index contributed by atoms with van der Waals surface area (Å²) in [5.74, 6) is 6.59. The topological polar surface area (TPSA) is 12.0 Å². The van der Waals surface area contributed by atoms with Gasteiger partial charge in [0.2, 0.25) is 0 Å². The fraction of sp³-hybridized carbons (Fsp3) is 0.0476. The molecule has 0 spiro atoms. The first-order chi connectivity index (χ1) is 10.9. The Morgan fingerprint density at radius 3 is 1.82 bits per heavy atom. The summed E-state index contributed by atoms with van der Waals surface area (Å²) >= 11 is 0. The molecule has 1 nitrogen and oxygen atoms in total. The Morgan fingerprint density at radius 2 is 1.18 bits per heavy atom. The molecule has 0 aromatic heterocycles. The smallest absolute Gasteiger partial charge is 0.114 e. The first-order valence-corrected chi connectivity index (χ1v) is 7.35. The number of nitrogens with one attached hydrogen (secondary N) is 1. The highest BCUT2D eigenvalue weighted by molar-refractivity contribution is 5.49. The van der Waals surface area contributed by atoms with Crippen molar-refractivity contribution in [3.8, 4) is 11.8 Å². The Kier molecular flexibility index (Phi) is 4.54. The Bertz CT molecular complexity index is 753. The van der Waals surface area contributed by atoms with Gasteiger partial charge in [-0.25, -0.2) is 0 Å². The molecule has 0 aliphatic carbocycles. The van der Waals surface area contributed by atoms with Gasteiger partial charge in [-0.1, -0.05) is 78.6 Å². The van der Waals surface area contributed by atoms with Crippen LogP contribution in [0.1, 0.15) is 17.2 Å². The van der Waals surface area contributed by atoms with E-state index < -0.39 is 0 Å².